The zero-order valence-electron chi connectivity index (χ0n) is 8.67. The molecule has 0 fully saturated rings. The number of methoxy groups -OCH3 is 1. The van der Waals surface area contributed by atoms with Gasteiger partial charge in [0.1, 0.15) is 5.82 Å². The lowest BCUT2D eigenvalue weighted by Crippen LogP contribution is -2.06. The molecular formula is C11H11ClFNO2. The fourth-order valence-electron chi connectivity index (χ4n) is 1.02. The van der Waals surface area contributed by atoms with Crippen LogP contribution in [0.3, 0.4) is 0 Å². The van der Waals surface area contributed by atoms with Crippen LogP contribution in [-0.2, 0) is 16.1 Å². The Hall–Kier alpha value is -1.55. The predicted molar refractivity (Wildman–Crippen MR) is 59.4 cm³/mol. The standard InChI is InChI=1S/C11H11ClFNO2/c1-16-11(15)4-5-14-7-8-2-3-10(13)9(12)6-8/h2-6,14H,7H2,1H3/b5-4+. The number of benzene rings is 1. The molecule has 0 aliphatic rings. The summed E-state index contributed by atoms with van der Waals surface area (Å²) < 4.78 is 17.2. The summed E-state index contributed by atoms with van der Waals surface area (Å²) in [6, 6.07) is 4.43. The summed E-state index contributed by atoms with van der Waals surface area (Å²) in [5, 5.41) is 2.93. The highest BCUT2D eigenvalue weighted by molar-refractivity contribution is 6.30. The van der Waals surface area contributed by atoms with E-state index >= 15 is 0 Å². The average molecular weight is 244 g/mol. The minimum Gasteiger partial charge on any atom is -0.466 e. The van der Waals surface area contributed by atoms with Crippen LogP contribution in [0.5, 0.6) is 0 Å². The topological polar surface area (TPSA) is 38.3 Å². The number of hydrogen-bond donors (Lipinski definition) is 1. The Labute approximate surface area is 97.9 Å². The number of halogens is 2. The molecule has 0 saturated carbocycles. The number of carbonyl (C=O) groups is 1. The number of esters is 1. The largest absolute Gasteiger partial charge is 0.466 e. The summed E-state index contributed by atoms with van der Waals surface area (Å²) in [5.41, 5.74) is 0.820. The Balaban J connectivity index is 2.46. The average Bonchev–Trinajstić information content (AvgIpc) is 2.28. The summed E-state index contributed by atoms with van der Waals surface area (Å²) in [6.07, 6.45) is 2.72. The van der Waals surface area contributed by atoms with Crippen molar-refractivity contribution in [2.45, 2.75) is 6.54 Å². The second-order valence-corrected chi connectivity index (χ2v) is 3.39. The van der Waals surface area contributed by atoms with Crippen molar-refractivity contribution in [2.75, 3.05) is 7.11 Å². The third-order valence-electron chi connectivity index (χ3n) is 1.83. The van der Waals surface area contributed by atoms with Crippen LogP contribution in [-0.4, -0.2) is 13.1 Å². The van der Waals surface area contributed by atoms with E-state index in [0.29, 0.717) is 6.54 Å². The van der Waals surface area contributed by atoms with E-state index in [0.717, 1.165) is 5.56 Å². The van der Waals surface area contributed by atoms with Gasteiger partial charge in [-0.15, -0.1) is 0 Å². The Morgan fingerprint density at radius 1 is 1.62 bits per heavy atom. The van der Waals surface area contributed by atoms with Gasteiger partial charge in [-0.25, -0.2) is 9.18 Å². The van der Waals surface area contributed by atoms with Crippen LogP contribution in [0.4, 0.5) is 4.39 Å². The molecule has 0 spiro atoms. The van der Waals surface area contributed by atoms with Crippen LogP contribution >= 0.6 is 11.6 Å². The molecule has 1 N–H and O–H groups in total. The molecule has 0 radical (unpaired) electrons. The van der Waals surface area contributed by atoms with Gasteiger partial charge in [0.2, 0.25) is 0 Å². The molecule has 0 aliphatic carbocycles. The van der Waals surface area contributed by atoms with Crippen molar-refractivity contribution in [3.63, 3.8) is 0 Å². The molecule has 1 aromatic carbocycles. The third-order valence-corrected chi connectivity index (χ3v) is 2.12. The van der Waals surface area contributed by atoms with Gasteiger partial charge in [0.15, 0.2) is 0 Å². The van der Waals surface area contributed by atoms with Crippen molar-refractivity contribution in [3.05, 3.63) is 46.9 Å². The Morgan fingerprint density at radius 3 is 3.00 bits per heavy atom. The zero-order valence-corrected chi connectivity index (χ0v) is 9.42. The Kier molecular flexibility index (Phi) is 4.79. The van der Waals surface area contributed by atoms with Gasteiger partial charge in [0.05, 0.1) is 12.1 Å². The van der Waals surface area contributed by atoms with Crippen molar-refractivity contribution in [1.82, 2.24) is 5.32 Å². The predicted octanol–water partition coefficient (Wildman–Crippen LogP) is 2.26. The van der Waals surface area contributed by atoms with Gasteiger partial charge in [-0.3, -0.25) is 0 Å². The third kappa shape index (κ3) is 3.90. The van der Waals surface area contributed by atoms with Crippen LogP contribution in [0.2, 0.25) is 5.02 Å². The minimum absolute atomic E-state index is 0.0799. The van der Waals surface area contributed by atoms with Crippen LogP contribution < -0.4 is 5.32 Å². The Morgan fingerprint density at radius 2 is 2.38 bits per heavy atom. The quantitative estimate of drug-likeness (QED) is 0.651. The van der Waals surface area contributed by atoms with Crippen LogP contribution in [0.25, 0.3) is 0 Å². The monoisotopic (exact) mass is 243 g/mol. The summed E-state index contributed by atoms with van der Waals surface area (Å²) >= 11 is 5.60. The van der Waals surface area contributed by atoms with Crippen molar-refractivity contribution in [1.29, 1.82) is 0 Å². The van der Waals surface area contributed by atoms with E-state index in [1.165, 1.54) is 31.5 Å². The van der Waals surface area contributed by atoms with E-state index in [9.17, 15) is 9.18 Å². The summed E-state index contributed by atoms with van der Waals surface area (Å²) in [4.78, 5) is 10.7. The first-order chi connectivity index (χ1) is 7.63. The molecule has 0 heterocycles. The summed E-state index contributed by atoms with van der Waals surface area (Å²) in [5.74, 6) is -0.889. The molecule has 0 aliphatic heterocycles. The summed E-state index contributed by atoms with van der Waals surface area (Å²) in [7, 11) is 1.30. The second-order valence-electron chi connectivity index (χ2n) is 2.99. The van der Waals surface area contributed by atoms with Crippen LogP contribution in [0.1, 0.15) is 5.56 Å². The van der Waals surface area contributed by atoms with Gasteiger partial charge < -0.3 is 10.1 Å². The fourth-order valence-corrected chi connectivity index (χ4v) is 1.22. The zero-order chi connectivity index (χ0) is 12.0. The molecule has 86 valence electrons. The fraction of sp³-hybridized carbons (Fsp3) is 0.182. The van der Waals surface area contributed by atoms with E-state index in [4.69, 9.17) is 11.6 Å². The first-order valence-electron chi connectivity index (χ1n) is 4.55. The lowest BCUT2D eigenvalue weighted by atomic mass is 10.2. The van der Waals surface area contributed by atoms with Gasteiger partial charge in [-0.1, -0.05) is 17.7 Å². The van der Waals surface area contributed by atoms with E-state index < -0.39 is 11.8 Å². The van der Waals surface area contributed by atoms with Gasteiger partial charge in [-0.05, 0) is 17.7 Å². The maximum Gasteiger partial charge on any atom is 0.331 e. The van der Waals surface area contributed by atoms with E-state index in [-0.39, 0.29) is 5.02 Å². The Bertz CT molecular complexity index is 407. The van der Waals surface area contributed by atoms with Gasteiger partial charge in [0.25, 0.3) is 0 Å². The molecule has 1 aromatic rings. The highest BCUT2D eigenvalue weighted by Crippen LogP contribution is 2.15. The van der Waals surface area contributed by atoms with Crippen molar-refractivity contribution < 1.29 is 13.9 Å². The van der Waals surface area contributed by atoms with Crippen LogP contribution in [0, 0.1) is 5.82 Å². The molecule has 0 bridgehead atoms. The number of carbonyl (C=O) groups excluding carboxylic acids is 1. The van der Waals surface area contributed by atoms with E-state index in [1.54, 1.807) is 6.07 Å². The maximum absolute atomic E-state index is 12.8. The molecule has 0 atom stereocenters. The SMILES string of the molecule is COC(=O)/C=C/NCc1ccc(F)c(Cl)c1. The van der Waals surface area contributed by atoms with Gasteiger partial charge in [0, 0.05) is 18.8 Å². The van der Waals surface area contributed by atoms with Crippen molar-refractivity contribution in [2.24, 2.45) is 0 Å². The maximum atomic E-state index is 12.8. The number of hydrogen-bond acceptors (Lipinski definition) is 3. The number of ether oxygens (including phenoxy) is 1. The lowest BCUT2D eigenvalue weighted by molar-refractivity contribution is -0.134. The highest BCUT2D eigenvalue weighted by atomic mass is 35.5. The van der Waals surface area contributed by atoms with Gasteiger partial charge in [-0.2, -0.15) is 0 Å². The van der Waals surface area contributed by atoms with Crippen molar-refractivity contribution >= 4 is 17.6 Å². The molecule has 16 heavy (non-hydrogen) atoms. The first-order valence-corrected chi connectivity index (χ1v) is 4.93. The molecule has 3 nitrogen and oxygen atoms in total. The second kappa shape index (κ2) is 6.12. The molecule has 0 saturated heterocycles. The van der Waals surface area contributed by atoms with E-state index in [1.807, 2.05) is 0 Å². The summed E-state index contributed by atoms with van der Waals surface area (Å²) in [6.45, 7) is 0.452. The molecule has 0 aromatic heterocycles. The molecular weight excluding hydrogens is 233 g/mol. The van der Waals surface area contributed by atoms with Crippen LogP contribution in [0.15, 0.2) is 30.5 Å². The molecule has 0 amide bonds. The van der Waals surface area contributed by atoms with Crippen molar-refractivity contribution in [3.8, 4) is 0 Å². The van der Waals surface area contributed by atoms with E-state index in [2.05, 4.69) is 10.1 Å². The highest BCUT2D eigenvalue weighted by Gasteiger charge is 1.99. The smallest absolute Gasteiger partial charge is 0.331 e. The van der Waals surface area contributed by atoms with Gasteiger partial charge >= 0.3 is 5.97 Å². The number of rotatable bonds is 4. The minimum atomic E-state index is -0.449. The normalized spacial score (nSPS) is 10.4. The molecule has 1 rings (SSSR count). The molecule has 5 heteroatoms. The molecule has 0 unspecified atom stereocenters. The first kappa shape index (κ1) is 12.5. The number of nitrogens with one attached hydrogen (secondary N) is 1. The lowest BCUT2D eigenvalue weighted by Gasteiger charge is -2.02.